The summed E-state index contributed by atoms with van der Waals surface area (Å²) in [5.41, 5.74) is 0. The Morgan fingerprint density at radius 3 is 2.60 bits per heavy atom. The van der Waals surface area contributed by atoms with Gasteiger partial charge in [0, 0.05) is 6.61 Å². The van der Waals surface area contributed by atoms with Crippen molar-refractivity contribution in [1.82, 2.24) is 0 Å². The van der Waals surface area contributed by atoms with Gasteiger partial charge in [0.2, 0.25) is 0 Å². The first kappa shape index (κ1) is 8.06. The first-order valence-corrected chi connectivity index (χ1v) is 4.55. The lowest BCUT2D eigenvalue weighted by Gasteiger charge is -2.09. The van der Waals surface area contributed by atoms with Crippen molar-refractivity contribution in [3.05, 3.63) is 0 Å². The van der Waals surface area contributed by atoms with Crippen LogP contribution in [-0.4, -0.2) is 12.7 Å². The van der Waals surface area contributed by atoms with Crippen molar-refractivity contribution >= 4 is 0 Å². The first-order valence-electron chi connectivity index (χ1n) is 4.55. The molecule has 0 aromatic carbocycles. The molecule has 1 aliphatic carbocycles. The number of rotatable bonds is 4. The number of hydrogen-bond donors (Lipinski definition) is 0. The molecule has 1 heteroatoms. The van der Waals surface area contributed by atoms with E-state index in [2.05, 4.69) is 6.92 Å². The molecule has 0 aromatic rings. The summed E-state index contributed by atoms with van der Waals surface area (Å²) in [6, 6.07) is 0. The molecule has 0 atom stereocenters. The highest BCUT2D eigenvalue weighted by molar-refractivity contribution is 4.66. The quantitative estimate of drug-likeness (QED) is 0.548. The summed E-state index contributed by atoms with van der Waals surface area (Å²) in [5, 5.41) is 0. The summed E-state index contributed by atoms with van der Waals surface area (Å²) < 4.78 is 5.64. The van der Waals surface area contributed by atoms with E-state index in [1.54, 1.807) is 0 Å². The van der Waals surface area contributed by atoms with Crippen LogP contribution in [0.1, 0.15) is 45.4 Å². The molecule has 0 amide bonds. The van der Waals surface area contributed by atoms with E-state index < -0.39 is 0 Å². The molecule has 0 bridgehead atoms. The van der Waals surface area contributed by atoms with Crippen molar-refractivity contribution in [3.8, 4) is 0 Å². The van der Waals surface area contributed by atoms with Crippen LogP contribution in [0.2, 0.25) is 0 Å². The molecule has 60 valence electrons. The molecule has 0 unspecified atom stereocenters. The predicted octanol–water partition coefficient (Wildman–Crippen LogP) is 2.75. The maximum absolute atomic E-state index is 5.64. The molecule has 1 rings (SSSR count). The monoisotopic (exact) mass is 142 g/mol. The van der Waals surface area contributed by atoms with Crippen LogP contribution in [0.15, 0.2) is 0 Å². The fraction of sp³-hybridized carbons (Fsp3) is 1.00. The third-order valence-electron chi connectivity index (χ3n) is 2.15. The maximum atomic E-state index is 5.64. The molecule has 1 aliphatic rings. The molecule has 0 radical (unpaired) electrons. The van der Waals surface area contributed by atoms with E-state index in [0.717, 1.165) is 6.61 Å². The molecular weight excluding hydrogens is 124 g/mol. The van der Waals surface area contributed by atoms with Crippen LogP contribution in [-0.2, 0) is 4.74 Å². The Kier molecular flexibility index (Phi) is 3.81. The Morgan fingerprint density at radius 2 is 2.00 bits per heavy atom. The minimum atomic E-state index is 0.617. The van der Waals surface area contributed by atoms with Crippen molar-refractivity contribution in [2.75, 3.05) is 6.61 Å². The van der Waals surface area contributed by atoms with Crippen LogP contribution < -0.4 is 0 Å². The van der Waals surface area contributed by atoms with Gasteiger partial charge in [-0.15, -0.1) is 0 Å². The summed E-state index contributed by atoms with van der Waals surface area (Å²) in [5.74, 6) is 0. The number of hydrogen-bond acceptors (Lipinski definition) is 1. The van der Waals surface area contributed by atoms with Crippen molar-refractivity contribution in [3.63, 3.8) is 0 Å². The fourth-order valence-electron chi connectivity index (χ4n) is 1.45. The van der Waals surface area contributed by atoms with Gasteiger partial charge in [-0.1, -0.05) is 26.2 Å². The largest absolute Gasteiger partial charge is 0.378 e. The molecule has 10 heavy (non-hydrogen) atoms. The third kappa shape index (κ3) is 2.70. The van der Waals surface area contributed by atoms with Gasteiger partial charge in [0.25, 0.3) is 0 Å². The topological polar surface area (TPSA) is 9.23 Å². The highest BCUT2D eigenvalue weighted by Gasteiger charge is 2.14. The van der Waals surface area contributed by atoms with E-state index in [1.165, 1.54) is 38.5 Å². The van der Waals surface area contributed by atoms with Gasteiger partial charge in [0.05, 0.1) is 6.10 Å². The van der Waals surface area contributed by atoms with Gasteiger partial charge in [-0.25, -0.2) is 0 Å². The molecule has 0 aliphatic heterocycles. The van der Waals surface area contributed by atoms with Crippen LogP contribution in [0.25, 0.3) is 0 Å². The predicted molar refractivity (Wildman–Crippen MR) is 43.1 cm³/mol. The van der Waals surface area contributed by atoms with Crippen molar-refractivity contribution in [1.29, 1.82) is 0 Å². The second-order valence-electron chi connectivity index (χ2n) is 3.13. The SMILES string of the molecule is CCCCOC1CCCC1. The Labute approximate surface area is 63.8 Å². The second-order valence-corrected chi connectivity index (χ2v) is 3.13. The average Bonchev–Trinajstić information content (AvgIpc) is 2.41. The zero-order valence-corrected chi connectivity index (χ0v) is 6.94. The maximum Gasteiger partial charge on any atom is 0.0575 e. The Hall–Kier alpha value is -0.0400. The highest BCUT2D eigenvalue weighted by atomic mass is 16.5. The summed E-state index contributed by atoms with van der Waals surface area (Å²) >= 11 is 0. The zero-order chi connectivity index (χ0) is 7.23. The smallest absolute Gasteiger partial charge is 0.0575 e. The molecule has 1 saturated carbocycles. The third-order valence-corrected chi connectivity index (χ3v) is 2.15. The van der Waals surface area contributed by atoms with E-state index in [4.69, 9.17) is 4.74 Å². The van der Waals surface area contributed by atoms with Gasteiger partial charge < -0.3 is 4.74 Å². The van der Waals surface area contributed by atoms with Crippen LogP contribution in [0.4, 0.5) is 0 Å². The minimum absolute atomic E-state index is 0.617. The van der Waals surface area contributed by atoms with Crippen molar-refractivity contribution < 1.29 is 4.74 Å². The van der Waals surface area contributed by atoms with Crippen molar-refractivity contribution in [2.24, 2.45) is 0 Å². The molecule has 1 nitrogen and oxygen atoms in total. The van der Waals surface area contributed by atoms with E-state index in [-0.39, 0.29) is 0 Å². The summed E-state index contributed by atoms with van der Waals surface area (Å²) in [6.07, 6.45) is 8.50. The second kappa shape index (κ2) is 4.73. The molecule has 1 fully saturated rings. The van der Waals surface area contributed by atoms with Crippen LogP contribution in [0.5, 0.6) is 0 Å². The van der Waals surface area contributed by atoms with Gasteiger partial charge in [0.1, 0.15) is 0 Å². The first-order chi connectivity index (χ1) is 4.93. The van der Waals surface area contributed by atoms with Gasteiger partial charge in [0.15, 0.2) is 0 Å². The lowest BCUT2D eigenvalue weighted by molar-refractivity contribution is 0.0565. The standard InChI is InChI=1S/C9H18O/c1-2-3-8-10-9-6-4-5-7-9/h9H,2-8H2,1H3. The van der Waals surface area contributed by atoms with Crippen LogP contribution >= 0.6 is 0 Å². The van der Waals surface area contributed by atoms with Gasteiger partial charge in [-0.05, 0) is 19.3 Å². The summed E-state index contributed by atoms with van der Waals surface area (Å²) in [6.45, 7) is 3.19. The van der Waals surface area contributed by atoms with Gasteiger partial charge >= 0.3 is 0 Å². The van der Waals surface area contributed by atoms with Crippen molar-refractivity contribution in [2.45, 2.75) is 51.6 Å². The van der Waals surface area contributed by atoms with Gasteiger partial charge in [-0.3, -0.25) is 0 Å². The van der Waals surface area contributed by atoms with E-state index in [1.807, 2.05) is 0 Å². The number of unbranched alkanes of at least 4 members (excludes halogenated alkanes) is 1. The molecule has 0 saturated heterocycles. The Morgan fingerprint density at radius 1 is 1.30 bits per heavy atom. The molecule has 0 heterocycles. The summed E-state index contributed by atoms with van der Waals surface area (Å²) in [4.78, 5) is 0. The Balaban J connectivity index is 1.91. The van der Waals surface area contributed by atoms with Crippen LogP contribution in [0, 0.1) is 0 Å². The van der Waals surface area contributed by atoms with Gasteiger partial charge in [-0.2, -0.15) is 0 Å². The molecule has 0 aromatic heterocycles. The zero-order valence-electron chi connectivity index (χ0n) is 6.94. The minimum Gasteiger partial charge on any atom is -0.378 e. The average molecular weight is 142 g/mol. The van der Waals surface area contributed by atoms with E-state index in [0.29, 0.717) is 6.10 Å². The molecule has 0 spiro atoms. The fourth-order valence-corrected chi connectivity index (χ4v) is 1.45. The molecular formula is C9H18O. The van der Waals surface area contributed by atoms with Crippen LogP contribution in [0.3, 0.4) is 0 Å². The summed E-state index contributed by atoms with van der Waals surface area (Å²) in [7, 11) is 0. The highest BCUT2D eigenvalue weighted by Crippen LogP contribution is 2.20. The van der Waals surface area contributed by atoms with E-state index in [9.17, 15) is 0 Å². The Bertz CT molecular complexity index is 74.8. The normalized spacial score (nSPS) is 20.1. The lowest BCUT2D eigenvalue weighted by Crippen LogP contribution is -2.07. The van der Waals surface area contributed by atoms with E-state index >= 15 is 0 Å². The molecule has 0 N–H and O–H groups in total. The number of ether oxygens (including phenoxy) is 1. The lowest BCUT2D eigenvalue weighted by atomic mass is 10.3.